The molecule has 25 heavy (non-hydrogen) atoms. The van der Waals surface area contributed by atoms with Crippen LogP contribution in [0.5, 0.6) is 5.75 Å². The van der Waals surface area contributed by atoms with Crippen LogP contribution < -0.4 is 15.4 Å². The molecule has 0 fully saturated rings. The van der Waals surface area contributed by atoms with Crippen LogP contribution in [0.2, 0.25) is 0 Å². The van der Waals surface area contributed by atoms with E-state index in [4.69, 9.17) is 9.15 Å². The monoisotopic (exact) mass is 342 g/mol. The van der Waals surface area contributed by atoms with Gasteiger partial charge in [0.15, 0.2) is 11.6 Å². The van der Waals surface area contributed by atoms with Crippen LogP contribution in [0.3, 0.4) is 0 Å². The Morgan fingerprint density at radius 3 is 2.76 bits per heavy atom. The third-order valence-corrected chi connectivity index (χ3v) is 3.92. The summed E-state index contributed by atoms with van der Waals surface area (Å²) in [7, 11) is 1.41. The number of hydrogen-bond donors (Lipinski definition) is 2. The minimum atomic E-state index is -0.462. The van der Waals surface area contributed by atoms with Crippen molar-refractivity contribution < 1.29 is 18.3 Å². The highest BCUT2D eigenvalue weighted by Gasteiger charge is 2.12. The zero-order valence-electron chi connectivity index (χ0n) is 14.0. The summed E-state index contributed by atoms with van der Waals surface area (Å²) in [4.78, 5) is 12.0. The van der Waals surface area contributed by atoms with Gasteiger partial charge in [0.25, 0.3) is 0 Å². The molecule has 1 unspecified atom stereocenters. The molecule has 1 aromatic heterocycles. The molecule has 0 saturated carbocycles. The number of benzene rings is 2. The fraction of sp³-hybridized carbons (Fsp3) is 0.211. The summed E-state index contributed by atoms with van der Waals surface area (Å²) >= 11 is 0. The van der Waals surface area contributed by atoms with E-state index in [1.165, 1.54) is 19.2 Å². The standard InChI is InChI=1S/C19H19FN2O3/c1-12(13-7-8-18(24-2)16(20)10-13)22-19(23)21-11-15-9-14-5-3-4-6-17(14)25-15/h3-10,12H,11H2,1-2H3,(H2,21,22,23). The van der Waals surface area contributed by atoms with Gasteiger partial charge in [-0.3, -0.25) is 0 Å². The molecular weight excluding hydrogens is 323 g/mol. The molecule has 0 saturated heterocycles. The van der Waals surface area contributed by atoms with Gasteiger partial charge in [-0.25, -0.2) is 9.18 Å². The van der Waals surface area contributed by atoms with Crippen molar-refractivity contribution in [3.8, 4) is 5.75 Å². The fourth-order valence-electron chi connectivity index (χ4n) is 2.57. The van der Waals surface area contributed by atoms with Gasteiger partial charge in [0, 0.05) is 5.39 Å². The van der Waals surface area contributed by atoms with Gasteiger partial charge in [-0.05, 0) is 36.8 Å². The van der Waals surface area contributed by atoms with Gasteiger partial charge in [0.2, 0.25) is 0 Å². The predicted octanol–water partition coefficient (Wildman–Crippen LogP) is 4.14. The number of amides is 2. The van der Waals surface area contributed by atoms with Crippen molar-refractivity contribution in [2.24, 2.45) is 0 Å². The predicted molar refractivity (Wildman–Crippen MR) is 93.0 cm³/mol. The zero-order valence-corrected chi connectivity index (χ0v) is 14.0. The molecule has 2 N–H and O–H groups in total. The smallest absolute Gasteiger partial charge is 0.315 e. The first kappa shape index (κ1) is 16.8. The van der Waals surface area contributed by atoms with Gasteiger partial charge < -0.3 is 19.8 Å². The number of urea groups is 1. The van der Waals surface area contributed by atoms with Crippen LogP contribution >= 0.6 is 0 Å². The third kappa shape index (κ3) is 3.91. The second-order valence-electron chi connectivity index (χ2n) is 5.69. The van der Waals surface area contributed by atoms with E-state index >= 15 is 0 Å². The Hall–Kier alpha value is -3.02. The van der Waals surface area contributed by atoms with E-state index in [1.807, 2.05) is 30.3 Å². The molecule has 3 rings (SSSR count). The number of methoxy groups -OCH3 is 1. The lowest BCUT2D eigenvalue weighted by molar-refractivity contribution is 0.236. The molecule has 1 heterocycles. The molecular formula is C19H19FN2O3. The van der Waals surface area contributed by atoms with E-state index in [9.17, 15) is 9.18 Å². The molecule has 0 aliphatic carbocycles. The number of nitrogens with one attached hydrogen (secondary N) is 2. The van der Waals surface area contributed by atoms with Gasteiger partial charge in [0.05, 0.1) is 19.7 Å². The van der Waals surface area contributed by atoms with Crippen molar-refractivity contribution in [2.45, 2.75) is 19.5 Å². The van der Waals surface area contributed by atoms with Gasteiger partial charge in [-0.15, -0.1) is 0 Å². The number of para-hydroxylation sites is 1. The maximum absolute atomic E-state index is 13.8. The van der Waals surface area contributed by atoms with Gasteiger partial charge in [-0.2, -0.15) is 0 Å². The fourth-order valence-corrected chi connectivity index (χ4v) is 2.57. The van der Waals surface area contributed by atoms with E-state index in [2.05, 4.69) is 10.6 Å². The number of halogens is 1. The van der Waals surface area contributed by atoms with Crippen LogP contribution in [-0.4, -0.2) is 13.1 Å². The molecule has 2 aromatic carbocycles. The molecule has 0 aliphatic rings. The molecule has 1 atom stereocenters. The number of furan rings is 1. The van der Waals surface area contributed by atoms with Gasteiger partial charge in [0.1, 0.15) is 11.3 Å². The van der Waals surface area contributed by atoms with Crippen LogP contribution in [-0.2, 0) is 6.54 Å². The summed E-state index contributed by atoms with van der Waals surface area (Å²) in [6.45, 7) is 2.05. The molecule has 5 nitrogen and oxygen atoms in total. The Labute approximate surface area is 144 Å². The van der Waals surface area contributed by atoms with Crippen molar-refractivity contribution >= 4 is 17.0 Å². The third-order valence-electron chi connectivity index (χ3n) is 3.92. The highest BCUT2D eigenvalue weighted by molar-refractivity contribution is 5.78. The Morgan fingerprint density at radius 2 is 2.04 bits per heavy atom. The molecule has 0 radical (unpaired) electrons. The maximum Gasteiger partial charge on any atom is 0.315 e. The van der Waals surface area contributed by atoms with Crippen LogP contribution in [0.25, 0.3) is 11.0 Å². The quantitative estimate of drug-likeness (QED) is 0.732. The summed E-state index contributed by atoms with van der Waals surface area (Å²) in [6, 6.07) is 13.4. The molecule has 130 valence electrons. The SMILES string of the molecule is COc1ccc(C(C)NC(=O)NCc2cc3ccccc3o2)cc1F. The van der Waals surface area contributed by atoms with Crippen molar-refractivity contribution in [1.29, 1.82) is 0 Å². The van der Waals surface area contributed by atoms with E-state index in [0.717, 1.165) is 11.0 Å². The van der Waals surface area contributed by atoms with Crippen molar-refractivity contribution in [3.63, 3.8) is 0 Å². The minimum absolute atomic E-state index is 0.172. The molecule has 6 heteroatoms. The Bertz CT molecular complexity index is 858. The lowest BCUT2D eigenvalue weighted by Gasteiger charge is -2.15. The van der Waals surface area contributed by atoms with Crippen molar-refractivity contribution in [1.82, 2.24) is 10.6 Å². The van der Waals surface area contributed by atoms with Crippen molar-refractivity contribution in [3.05, 3.63) is 65.7 Å². The average Bonchev–Trinajstić information content (AvgIpc) is 3.03. The average molecular weight is 342 g/mol. The summed E-state index contributed by atoms with van der Waals surface area (Å²) in [6.07, 6.45) is 0. The van der Waals surface area contributed by atoms with Crippen molar-refractivity contribution in [2.75, 3.05) is 7.11 Å². The summed E-state index contributed by atoms with van der Waals surface area (Å²) in [5, 5.41) is 6.49. The first-order valence-electron chi connectivity index (χ1n) is 7.92. The van der Waals surface area contributed by atoms with Gasteiger partial charge in [-0.1, -0.05) is 24.3 Å². The summed E-state index contributed by atoms with van der Waals surface area (Å²) in [5.74, 6) is 0.376. The number of fused-ring (bicyclic) bond motifs is 1. The lowest BCUT2D eigenvalue weighted by atomic mass is 10.1. The lowest BCUT2D eigenvalue weighted by Crippen LogP contribution is -2.36. The molecule has 0 bridgehead atoms. The minimum Gasteiger partial charge on any atom is -0.494 e. The zero-order chi connectivity index (χ0) is 17.8. The number of ether oxygens (including phenoxy) is 1. The molecule has 2 amide bonds. The normalized spacial score (nSPS) is 12.0. The Balaban J connectivity index is 1.57. The van der Waals surface area contributed by atoms with E-state index < -0.39 is 5.82 Å². The maximum atomic E-state index is 13.8. The van der Waals surface area contributed by atoms with Crippen LogP contribution in [0, 0.1) is 5.82 Å². The largest absolute Gasteiger partial charge is 0.494 e. The molecule has 0 spiro atoms. The molecule has 3 aromatic rings. The van der Waals surface area contributed by atoms with Crippen LogP contribution in [0.1, 0.15) is 24.3 Å². The highest BCUT2D eigenvalue weighted by atomic mass is 19.1. The number of carbonyl (C=O) groups is 1. The van der Waals surface area contributed by atoms with E-state index in [1.54, 1.807) is 13.0 Å². The van der Waals surface area contributed by atoms with Crippen LogP contribution in [0.15, 0.2) is 52.9 Å². The number of rotatable bonds is 5. The topological polar surface area (TPSA) is 63.5 Å². The Kier molecular flexibility index (Phi) is 4.88. The highest BCUT2D eigenvalue weighted by Crippen LogP contribution is 2.22. The van der Waals surface area contributed by atoms with Gasteiger partial charge >= 0.3 is 6.03 Å². The number of hydrogen-bond acceptors (Lipinski definition) is 3. The van der Waals surface area contributed by atoms with Crippen LogP contribution in [0.4, 0.5) is 9.18 Å². The molecule has 0 aliphatic heterocycles. The Morgan fingerprint density at radius 1 is 1.24 bits per heavy atom. The second kappa shape index (κ2) is 7.25. The van der Waals surface area contributed by atoms with E-state index in [0.29, 0.717) is 11.3 Å². The first-order valence-corrected chi connectivity index (χ1v) is 7.92. The summed E-state index contributed by atoms with van der Waals surface area (Å²) in [5.41, 5.74) is 1.43. The summed E-state index contributed by atoms with van der Waals surface area (Å²) < 4.78 is 24.3. The number of carbonyl (C=O) groups excluding carboxylic acids is 1. The second-order valence-corrected chi connectivity index (χ2v) is 5.69. The first-order chi connectivity index (χ1) is 12.1. The van der Waals surface area contributed by atoms with E-state index in [-0.39, 0.29) is 24.4 Å².